The minimum absolute atomic E-state index is 0. The maximum atomic E-state index is 12.9. The Morgan fingerprint density at radius 2 is 0.500 bits per heavy atom. The zero-order chi connectivity index (χ0) is 104. The van der Waals surface area contributed by atoms with Crippen molar-refractivity contribution in [1.82, 2.24) is 83.7 Å². The summed E-state index contributed by atoms with van der Waals surface area (Å²) in [4.78, 5) is 165. The van der Waals surface area contributed by atoms with Crippen LogP contribution in [-0.4, -0.2) is 397 Å². The molecular weight excluding hydrogens is 1950 g/mol. The minimum atomic E-state index is -5.17. The third kappa shape index (κ3) is 43.8. The van der Waals surface area contributed by atoms with Crippen molar-refractivity contribution >= 4 is 81.3 Å². The van der Waals surface area contributed by atoms with E-state index in [2.05, 4.69) is 83.7 Å². The number of aliphatic hydroxyl groups is 12. The van der Waals surface area contributed by atoms with Crippen LogP contribution in [0.3, 0.4) is 0 Å². The van der Waals surface area contributed by atoms with Gasteiger partial charge in [0.1, 0.15) is 97.4 Å². The van der Waals surface area contributed by atoms with Crippen LogP contribution >= 0.6 is 0 Å². The van der Waals surface area contributed by atoms with Crippen molar-refractivity contribution < 1.29 is 191 Å². The van der Waals surface area contributed by atoms with Crippen LogP contribution < -0.4 is 63.8 Å². The summed E-state index contributed by atoms with van der Waals surface area (Å²) in [6.07, 6.45) is -6.38. The second kappa shape index (κ2) is 65.3. The molecule has 54 heteroatoms. The predicted molar refractivity (Wildman–Crippen MR) is 486 cm³/mol. The second-order valence-corrected chi connectivity index (χ2v) is 33.8. The van der Waals surface area contributed by atoms with Crippen molar-refractivity contribution in [3.63, 3.8) is 0 Å². The molecule has 0 spiro atoms. The normalized spacial score (nSPS) is 24.0. The fourth-order valence-electron chi connectivity index (χ4n) is 14.7. The molecule has 4 saturated heterocycles. The number of aliphatic hydroxyl groups excluding tert-OH is 12. The van der Waals surface area contributed by atoms with E-state index >= 15 is 0 Å². The van der Waals surface area contributed by atoms with Crippen LogP contribution in [0.5, 0.6) is 0 Å². The first-order chi connectivity index (χ1) is 67.2. The predicted octanol–water partition coefficient (Wildman–Crippen LogP) is -7.59. The van der Waals surface area contributed by atoms with E-state index in [0.29, 0.717) is 148 Å². The molecule has 8 heterocycles. The van der Waals surface area contributed by atoms with Crippen LogP contribution in [-0.2, 0) is 104 Å². The molecule has 24 N–H and O–H groups in total. The summed E-state index contributed by atoms with van der Waals surface area (Å²) in [5.41, 5.74) is 2.96. The van der Waals surface area contributed by atoms with Gasteiger partial charge in [-0.3, -0.25) is 85.9 Å². The van der Waals surface area contributed by atoms with E-state index in [1.54, 1.807) is 48.5 Å². The molecule has 20 atom stereocenters. The zero-order valence-electron chi connectivity index (χ0n) is 78.8. The van der Waals surface area contributed by atoms with E-state index in [0.717, 1.165) is 0 Å². The minimum Gasteiger partial charge on any atom is -0.759 e. The van der Waals surface area contributed by atoms with Crippen molar-refractivity contribution in [3.8, 4) is 22.8 Å². The van der Waals surface area contributed by atoms with Gasteiger partial charge in [0.2, 0.25) is 47.3 Å². The first-order valence-corrected chi connectivity index (χ1v) is 47.4. The Morgan fingerprint density at radius 1 is 0.310 bits per heavy atom. The summed E-state index contributed by atoms with van der Waals surface area (Å²) in [6, 6.07) is 8.23. The topological polar surface area (TPSA) is 798 Å². The largest absolute Gasteiger partial charge is 2.00 e. The van der Waals surface area contributed by atoms with Crippen LogP contribution in [0.15, 0.2) is 73.3 Å². The number of rotatable bonds is 54. The molecule has 0 aromatic carbocycles. The third-order valence-electron chi connectivity index (χ3n) is 21.9. The second-order valence-electron chi connectivity index (χ2n) is 33.0. The molecule has 8 rings (SSSR count). The number of aromatic nitrogens is 4. The van der Waals surface area contributed by atoms with Gasteiger partial charge in [-0.15, -0.1) is 0 Å². The number of unbranched alkanes of at least 4 members (excludes halogenated alkanes) is 8. The van der Waals surface area contributed by atoms with Crippen LogP contribution in [0.4, 0.5) is 0 Å². The molecule has 0 bridgehead atoms. The Labute approximate surface area is 828 Å². The van der Waals surface area contributed by atoms with Crippen molar-refractivity contribution in [3.05, 3.63) is 95.6 Å². The van der Waals surface area contributed by atoms with Crippen LogP contribution in [0.25, 0.3) is 22.8 Å². The Hall–Kier alpha value is -10.2. The molecule has 1 radical (unpaired) electrons. The Kier molecular flexibility index (Phi) is 56.2. The number of amides is 12. The maximum Gasteiger partial charge on any atom is 2.00 e. The standard InChI is InChI=1S/2C44H66N8O16.Cu.H2O4S/c2*1-25(55)51-35-39(61)37(59)31(23-53)67-43(35)65-19-17-47-33(57)9-5-3-7-13-49-41(63)27-11-15-45-29(21-27)30-22-28(12-16-46-30)42(64)50-14-8-4-6-10-34(58)48-18-20-66-44-36(52-26(2)56)40(62)38(60)32(24-54)68-44;;1-5(2,3)4/h2*11-12,15-16,21-22,31-32,35-40,43-44,53-54,59-62H,3-10,13-14,17-20,23-24H2,1-2H3,(H,47,57)(H,48,58)(H,49,63)(H,50,64)(H,51,55)(H,52,56);;(H2,1,2,3,4)/q;;+2;/p-2/t2*31-,32-,35-,36-,37+,38+,39-,40-,43+,44+;;/m11../s1. The van der Waals surface area contributed by atoms with Crippen LogP contribution in [0, 0.1) is 0 Å². The molecule has 4 aromatic heterocycles. The van der Waals surface area contributed by atoms with Gasteiger partial charge < -0.3 is 172 Å². The SMILES string of the molecule is CC(=O)N[C@H]1[C@@H](OCCNC(=O)CCCCCNC(=O)c2ccnc(-c3cc(C(=O)NCCCCCC(=O)NCCO[C@H]4O[C@H](CO)[C@H](O)[C@H](O)[C@H]4NC(C)=O)ccn3)c2)O[C@H](CO)[C@H](O)[C@@H]1O.CC(=O)N[C@H]1[C@@H](OCCNC(=O)CCCCCNC(=O)c2ccnc(-c3cc(C(=O)NCCCCCC(=O)NCCO[C@H]4O[C@H](CO)[C@H](O)[C@H](O)[C@H]4NC(C)=O)ccn3)c2)O[C@H](CO)[C@H](O)[C@@H]1O.O=S(=O)([O-])[O-].[Cu+2]. The molecule has 4 fully saturated rings. The van der Waals surface area contributed by atoms with E-state index in [-0.39, 0.29) is 143 Å². The van der Waals surface area contributed by atoms with Gasteiger partial charge in [0, 0.05) is 163 Å². The van der Waals surface area contributed by atoms with Gasteiger partial charge in [0.05, 0.1) is 75.6 Å². The monoisotopic (exact) mass is 2080 g/mol. The summed E-state index contributed by atoms with van der Waals surface area (Å²) in [7, 11) is -5.17. The van der Waals surface area contributed by atoms with Crippen molar-refractivity contribution in [2.45, 2.75) is 253 Å². The molecule has 797 valence electrons. The molecule has 142 heavy (non-hydrogen) atoms. The number of pyridine rings is 4. The molecule has 52 nitrogen and oxygen atoms in total. The Morgan fingerprint density at radius 3 is 0.676 bits per heavy atom. The van der Waals surface area contributed by atoms with Crippen LogP contribution in [0.1, 0.15) is 172 Å². The van der Waals surface area contributed by atoms with Crippen molar-refractivity contribution in [1.29, 1.82) is 0 Å². The van der Waals surface area contributed by atoms with Crippen molar-refractivity contribution in [2.24, 2.45) is 0 Å². The number of carbonyl (C=O) groups is 12. The molecular formula is C88H132CuN16O36S. The molecule has 0 aliphatic carbocycles. The molecule has 4 aromatic rings. The van der Waals surface area contributed by atoms with Gasteiger partial charge in [-0.2, -0.15) is 0 Å². The van der Waals surface area contributed by atoms with E-state index in [1.807, 2.05) is 0 Å². The molecule has 12 amide bonds. The Bertz CT molecular complexity index is 4180. The summed E-state index contributed by atoms with van der Waals surface area (Å²) in [5.74, 6) is -4.12. The van der Waals surface area contributed by atoms with E-state index < -0.39 is 183 Å². The van der Waals surface area contributed by atoms with E-state index in [1.165, 1.54) is 52.5 Å². The number of ether oxygens (including phenoxy) is 8. The van der Waals surface area contributed by atoms with Crippen molar-refractivity contribution in [2.75, 3.05) is 105 Å². The summed E-state index contributed by atoms with van der Waals surface area (Å²) < 4.78 is 78.4. The molecule has 0 unspecified atom stereocenters. The summed E-state index contributed by atoms with van der Waals surface area (Å²) in [6.45, 7) is 4.44. The number of nitrogens with one attached hydrogen (secondary N) is 12. The maximum absolute atomic E-state index is 12.9. The number of carbonyl (C=O) groups excluding carboxylic acids is 12. The number of hydrogen-bond acceptors (Lipinski definition) is 40. The first kappa shape index (κ1) is 122. The Balaban J connectivity index is 0.000000474. The summed E-state index contributed by atoms with van der Waals surface area (Å²) >= 11 is 0. The van der Waals surface area contributed by atoms with Gasteiger partial charge >= 0.3 is 17.1 Å². The smallest absolute Gasteiger partial charge is 0.759 e. The van der Waals surface area contributed by atoms with E-state index in [9.17, 15) is 119 Å². The van der Waals surface area contributed by atoms with Gasteiger partial charge in [0.15, 0.2) is 25.2 Å². The molecule has 0 saturated carbocycles. The van der Waals surface area contributed by atoms with Gasteiger partial charge in [-0.25, -0.2) is 0 Å². The zero-order valence-corrected chi connectivity index (χ0v) is 80.5. The van der Waals surface area contributed by atoms with Gasteiger partial charge in [0.25, 0.3) is 23.6 Å². The first-order valence-electron chi connectivity index (χ1n) is 46.0. The quantitative estimate of drug-likeness (QED) is 0.00845. The fraction of sp³-hybridized carbons (Fsp3) is 0.636. The summed E-state index contributed by atoms with van der Waals surface area (Å²) in [5, 5.41) is 152. The van der Waals surface area contributed by atoms with E-state index in [4.69, 9.17) is 55.4 Å². The van der Waals surface area contributed by atoms with Gasteiger partial charge in [-0.1, -0.05) is 25.7 Å². The van der Waals surface area contributed by atoms with Crippen LogP contribution in [0.2, 0.25) is 0 Å². The number of hydrogen-bond donors (Lipinski definition) is 24. The third-order valence-corrected chi connectivity index (χ3v) is 21.9. The average molecular weight is 2090 g/mol. The fourth-order valence-corrected chi connectivity index (χ4v) is 14.7. The number of nitrogens with zero attached hydrogens (tertiary/aromatic N) is 4. The average Bonchev–Trinajstić information content (AvgIpc) is 0.806. The molecule has 4 aliphatic heterocycles. The van der Waals surface area contributed by atoms with Gasteiger partial charge in [-0.05, 0) is 99.9 Å². The molecule has 4 aliphatic rings.